The van der Waals surface area contributed by atoms with Crippen LogP contribution in [0.25, 0.3) is 11.0 Å². The highest BCUT2D eigenvalue weighted by Gasteiger charge is 2.18. The number of aromatic nitrogens is 3. The largest absolute Gasteiger partial charge is 0.467 e. The fourth-order valence-corrected chi connectivity index (χ4v) is 2.39. The number of aromatic amines is 1. The van der Waals surface area contributed by atoms with Gasteiger partial charge < -0.3 is 20.5 Å². The van der Waals surface area contributed by atoms with Crippen LogP contribution in [0.5, 0.6) is 0 Å². The van der Waals surface area contributed by atoms with E-state index in [0.717, 1.165) is 5.76 Å². The van der Waals surface area contributed by atoms with Gasteiger partial charge in [0, 0.05) is 12.5 Å². The first-order valence-corrected chi connectivity index (χ1v) is 7.11. The third-order valence-corrected chi connectivity index (χ3v) is 3.31. The normalized spacial score (nSPS) is 12.2. The molecule has 0 amide bonds. The van der Waals surface area contributed by atoms with E-state index in [1.807, 2.05) is 13.0 Å². The van der Waals surface area contributed by atoms with Gasteiger partial charge in [-0.3, -0.25) is 0 Å². The van der Waals surface area contributed by atoms with E-state index in [2.05, 4.69) is 20.3 Å². The summed E-state index contributed by atoms with van der Waals surface area (Å²) >= 11 is 0. The molecule has 0 aliphatic heterocycles. The van der Waals surface area contributed by atoms with Crippen molar-refractivity contribution in [3.05, 3.63) is 41.5 Å². The second kappa shape index (κ2) is 6.97. The van der Waals surface area contributed by atoms with Crippen LogP contribution in [0.3, 0.4) is 0 Å². The number of nitrogens with zero attached hydrogens (tertiary/aromatic N) is 2. The van der Waals surface area contributed by atoms with Crippen molar-refractivity contribution in [2.75, 3.05) is 5.32 Å². The number of nitrogens with one attached hydrogen (secondary N) is 2. The molecule has 0 aromatic carbocycles. The zero-order valence-electron chi connectivity index (χ0n) is 12.9. The molecule has 0 aliphatic rings. The lowest BCUT2D eigenvalue weighted by Crippen LogP contribution is -2.18. The van der Waals surface area contributed by atoms with Crippen LogP contribution in [0.2, 0.25) is 0 Å². The van der Waals surface area contributed by atoms with Gasteiger partial charge in [-0.15, -0.1) is 12.4 Å². The number of H-pyrrole nitrogens is 1. The first-order chi connectivity index (χ1) is 10.5. The van der Waals surface area contributed by atoms with Gasteiger partial charge in [-0.05, 0) is 26.0 Å². The van der Waals surface area contributed by atoms with E-state index < -0.39 is 0 Å². The molecule has 124 valence electrons. The van der Waals surface area contributed by atoms with E-state index in [1.54, 1.807) is 19.3 Å². The van der Waals surface area contributed by atoms with Crippen molar-refractivity contribution in [1.29, 1.82) is 0 Å². The molecule has 0 aliphatic carbocycles. The Hall–Kier alpha value is -2.12. The van der Waals surface area contributed by atoms with Crippen molar-refractivity contribution in [2.45, 2.75) is 32.9 Å². The number of hydrogen-bond donors (Lipinski definition) is 3. The number of rotatable bonds is 5. The molecular weight excluding hydrogens is 321 g/mol. The van der Waals surface area contributed by atoms with Crippen molar-refractivity contribution in [2.24, 2.45) is 5.73 Å². The van der Waals surface area contributed by atoms with Gasteiger partial charge in [0.05, 0.1) is 23.9 Å². The van der Waals surface area contributed by atoms with Crippen molar-refractivity contribution in [1.82, 2.24) is 15.0 Å². The van der Waals surface area contributed by atoms with Gasteiger partial charge in [0.25, 0.3) is 0 Å². The zero-order chi connectivity index (χ0) is 15.7. The van der Waals surface area contributed by atoms with Gasteiger partial charge in [0.15, 0.2) is 5.82 Å². The van der Waals surface area contributed by atoms with Gasteiger partial charge in [-0.2, -0.15) is 0 Å². The third kappa shape index (κ3) is 3.62. The first kappa shape index (κ1) is 17.2. The summed E-state index contributed by atoms with van der Waals surface area (Å²) in [4.78, 5) is 11.6. The number of furan rings is 1. The Kier molecular flexibility index (Phi) is 5.23. The minimum atomic E-state index is -0.353. The van der Waals surface area contributed by atoms with E-state index >= 15 is 0 Å². The molecule has 0 fully saturated rings. The predicted molar refractivity (Wildman–Crippen MR) is 89.2 cm³/mol. The summed E-state index contributed by atoms with van der Waals surface area (Å²) in [5, 5.41) is 3.46. The second-order valence-electron chi connectivity index (χ2n) is 5.37. The highest BCUT2D eigenvalue weighted by Crippen LogP contribution is 2.27. The molecular formula is C15H19ClFN5O. The first-order valence-electron chi connectivity index (χ1n) is 7.11. The molecule has 0 bridgehead atoms. The summed E-state index contributed by atoms with van der Waals surface area (Å²) in [7, 11) is 0. The molecule has 4 N–H and O–H groups in total. The van der Waals surface area contributed by atoms with Crippen molar-refractivity contribution in [3.63, 3.8) is 0 Å². The van der Waals surface area contributed by atoms with Crippen LogP contribution in [0.15, 0.2) is 22.8 Å². The Bertz CT molecular complexity index is 785. The molecule has 0 unspecified atom stereocenters. The molecule has 3 rings (SSSR count). The molecule has 3 heterocycles. The molecule has 0 saturated heterocycles. The summed E-state index contributed by atoms with van der Waals surface area (Å²) in [6.07, 6.45) is 2.01. The Balaban J connectivity index is 0.00000192. The highest BCUT2D eigenvalue weighted by molar-refractivity contribution is 5.88. The van der Waals surface area contributed by atoms with Crippen LogP contribution in [0.1, 0.15) is 24.2 Å². The Labute approximate surface area is 139 Å². The van der Waals surface area contributed by atoms with Gasteiger partial charge in [0.2, 0.25) is 0 Å². The molecule has 3 aromatic heterocycles. The average Bonchev–Trinajstić information content (AvgIpc) is 3.05. The highest BCUT2D eigenvalue weighted by atomic mass is 35.5. The zero-order valence-corrected chi connectivity index (χ0v) is 13.7. The number of aryl methyl sites for hydroxylation is 1. The van der Waals surface area contributed by atoms with Gasteiger partial charge in [-0.1, -0.05) is 0 Å². The van der Waals surface area contributed by atoms with Crippen LogP contribution in [0.4, 0.5) is 10.2 Å². The molecule has 23 heavy (non-hydrogen) atoms. The topological polar surface area (TPSA) is 92.8 Å². The monoisotopic (exact) mass is 339 g/mol. The molecule has 1 atom stereocenters. The SMILES string of the molecule is Cc1nc(NCc2ccco2)c2c(F)c(C[C@H](C)N)[nH]c2n1.Cl. The minimum Gasteiger partial charge on any atom is -0.467 e. The lowest BCUT2D eigenvalue weighted by atomic mass is 10.2. The minimum absolute atomic E-state index is 0. The van der Waals surface area contributed by atoms with Crippen LogP contribution < -0.4 is 11.1 Å². The molecule has 6 nitrogen and oxygen atoms in total. The van der Waals surface area contributed by atoms with E-state index in [0.29, 0.717) is 41.3 Å². The number of fused-ring (bicyclic) bond motifs is 1. The predicted octanol–water partition coefficient (Wildman–Crippen LogP) is 2.92. The van der Waals surface area contributed by atoms with Gasteiger partial charge >= 0.3 is 0 Å². The maximum atomic E-state index is 14.6. The molecule has 0 saturated carbocycles. The summed E-state index contributed by atoms with van der Waals surface area (Å²) in [5.41, 5.74) is 6.68. The van der Waals surface area contributed by atoms with Crippen LogP contribution >= 0.6 is 12.4 Å². The quantitative estimate of drug-likeness (QED) is 0.664. The van der Waals surface area contributed by atoms with E-state index in [1.165, 1.54) is 0 Å². The van der Waals surface area contributed by atoms with E-state index in [-0.39, 0.29) is 24.3 Å². The number of nitrogens with two attached hydrogens (primary N) is 1. The molecule has 8 heteroatoms. The molecule has 3 aromatic rings. The van der Waals surface area contributed by atoms with Crippen molar-refractivity contribution in [3.8, 4) is 0 Å². The van der Waals surface area contributed by atoms with Crippen molar-refractivity contribution >= 4 is 29.3 Å². The third-order valence-electron chi connectivity index (χ3n) is 3.31. The standard InChI is InChI=1S/C15H18FN5O.ClH/c1-8(17)6-11-13(16)12-14(18-7-10-4-3-5-22-10)19-9(2)20-15(12)21-11;/h3-5,8H,6-7,17H2,1-2H3,(H2,18,19,20,21);1H/t8-;/m0./s1. The fraction of sp³-hybridized carbons (Fsp3) is 0.333. The number of halogens is 2. The Morgan fingerprint density at radius 3 is 2.87 bits per heavy atom. The van der Waals surface area contributed by atoms with E-state index in [4.69, 9.17) is 10.2 Å². The summed E-state index contributed by atoms with van der Waals surface area (Å²) in [6, 6.07) is 3.50. The Morgan fingerprint density at radius 2 is 2.22 bits per heavy atom. The second-order valence-corrected chi connectivity index (χ2v) is 5.37. The Morgan fingerprint density at radius 1 is 1.43 bits per heavy atom. The maximum Gasteiger partial charge on any atom is 0.157 e. The molecule has 0 radical (unpaired) electrons. The van der Waals surface area contributed by atoms with Crippen LogP contribution in [-0.4, -0.2) is 21.0 Å². The average molecular weight is 340 g/mol. The van der Waals surface area contributed by atoms with Crippen molar-refractivity contribution < 1.29 is 8.81 Å². The summed E-state index contributed by atoms with van der Waals surface area (Å²) in [6.45, 7) is 4.02. The fourth-order valence-electron chi connectivity index (χ4n) is 2.39. The lowest BCUT2D eigenvalue weighted by Gasteiger charge is -2.06. The van der Waals surface area contributed by atoms with E-state index in [9.17, 15) is 4.39 Å². The van der Waals surface area contributed by atoms with Gasteiger partial charge in [-0.25, -0.2) is 14.4 Å². The summed E-state index contributed by atoms with van der Waals surface area (Å²) in [5.74, 6) is 1.40. The van der Waals surface area contributed by atoms with Crippen LogP contribution in [0, 0.1) is 12.7 Å². The number of hydrogen-bond acceptors (Lipinski definition) is 5. The maximum absolute atomic E-state index is 14.6. The number of anilines is 1. The molecule has 0 spiro atoms. The lowest BCUT2D eigenvalue weighted by molar-refractivity contribution is 0.518. The van der Waals surface area contributed by atoms with Crippen LogP contribution in [-0.2, 0) is 13.0 Å². The van der Waals surface area contributed by atoms with Gasteiger partial charge in [0.1, 0.15) is 23.0 Å². The summed E-state index contributed by atoms with van der Waals surface area (Å²) < 4.78 is 19.9. The smallest absolute Gasteiger partial charge is 0.157 e.